The fraction of sp³-hybridized carbons (Fsp3) is 0.478. The van der Waals surface area contributed by atoms with Crippen LogP contribution >= 0.6 is 17.2 Å². The van der Waals surface area contributed by atoms with E-state index in [1.54, 1.807) is 0 Å². The standard InChI is InChI=1S/C23H32O.H4O5P2/c1-14-10-12-16(3)20(18(14)5)23(24,22(7,8)9)21-17(4)13-11-15(2)19(21)6;1-6(2)5-7(3)4/h10-13,24H,1-9H3;1-4H. The van der Waals surface area contributed by atoms with Gasteiger partial charge in [-0.05, 0) is 91.5 Å². The van der Waals surface area contributed by atoms with E-state index in [1.165, 1.54) is 22.3 Å². The number of benzene rings is 2. The van der Waals surface area contributed by atoms with Crippen LogP contribution in [-0.4, -0.2) is 24.7 Å². The molecule has 0 saturated heterocycles. The van der Waals surface area contributed by atoms with Crippen molar-refractivity contribution in [1.82, 2.24) is 0 Å². The van der Waals surface area contributed by atoms with Crippen LogP contribution in [0.3, 0.4) is 0 Å². The Kier molecular flexibility index (Phi) is 9.77. The number of rotatable bonds is 4. The van der Waals surface area contributed by atoms with Crippen molar-refractivity contribution in [1.29, 1.82) is 0 Å². The van der Waals surface area contributed by atoms with E-state index < -0.39 is 22.8 Å². The van der Waals surface area contributed by atoms with Gasteiger partial charge in [0.1, 0.15) is 5.60 Å². The van der Waals surface area contributed by atoms with Crippen LogP contribution in [0.25, 0.3) is 0 Å². The average Bonchev–Trinajstić information content (AvgIpc) is 2.60. The topological polar surface area (TPSA) is 110 Å². The second-order valence-corrected chi connectivity index (χ2v) is 10.6. The van der Waals surface area contributed by atoms with Crippen molar-refractivity contribution in [2.24, 2.45) is 5.41 Å². The van der Waals surface area contributed by atoms with Gasteiger partial charge >= 0.3 is 17.2 Å². The van der Waals surface area contributed by atoms with Crippen LogP contribution in [0.4, 0.5) is 0 Å². The molecule has 0 saturated carbocycles. The summed E-state index contributed by atoms with van der Waals surface area (Å²) in [7, 11) is -5.22. The van der Waals surface area contributed by atoms with Crippen LogP contribution in [0.15, 0.2) is 24.3 Å². The van der Waals surface area contributed by atoms with Gasteiger partial charge in [-0.3, -0.25) is 0 Å². The molecule has 6 nitrogen and oxygen atoms in total. The van der Waals surface area contributed by atoms with Gasteiger partial charge in [-0.15, -0.1) is 0 Å². The van der Waals surface area contributed by atoms with Gasteiger partial charge in [-0.1, -0.05) is 45.0 Å². The molecule has 174 valence electrons. The van der Waals surface area contributed by atoms with Crippen LogP contribution < -0.4 is 0 Å². The molecule has 2 aromatic rings. The Balaban J connectivity index is 0.000000592. The minimum absolute atomic E-state index is 0.334. The zero-order valence-corrected chi connectivity index (χ0v) is 21.6. The van der Waals surface area contributed by atoms with E-state index in [4.69, 9.17) is 19.6 Å². The molecule has 0 unspecified atom stereocenters. The lowest BCUT2D eigenvalue weighted by Gasteiger charge is -2.45. The highest BCUT2D eigenvalue weighted by Gasteiger charge is 2.47. The van der Waals surface area contributed by atoms with Crippen molar-refractivity contribution in [3.8, 4) is 0 Å². The Morgan fingerprint density at radius 1 is 0.613 bits per heavy atom. The summed E-state index contributed by atoms with van der Waals surface area (Å²) in [6.45, 7) is 19.1. The molecule has 8 heteroatoms. The lowest BCUT2D eigenvalue weighted by molar-refractivity contribution is -0.0280. The van der Waals surface area contributed by atoms with Gasteiger partial charge in [0.05, 0.1) is 0 Å². The van der Waals surface area contributed by atoms with Gasteiger partial charge in [0.2, 0.25) is 0 Å². The molecule has 5 N–H and O–H groups in total. The molecule has 0 atom stereocenters. The smallest absolute Gasteiger partial charge is 0.334 e. The number of hydrogen-bond donors (Lipinski definition) is 5. The average molecular weight is 470 g/mol. The molecule has 0 aliphatic heterocycles. The van der Waals surface area contributed by atoms with Crippen molar-refractivity contribution in [3.05, 3.63) is 68.8 Å². The van der Waals surface area contributed by atoms with Crippen molar-refractivity contribution < 1.29 is 29.0 Å². The summed E-state index contributed by atoms with van der Waals surface area (Å²) in [6, 6.07) is 8.56. The van der Waals surface area contributed by atoms with E-state index >= 15 is 0 Å². The first kappa shape index (κ1) is 28.1. The Morgan fingerprint density at radius 2 is 0.903 bits per heavy atom. The molecule has 0 spiro atoms. The van der Waals surface area contributed by atoms with E-state index in [2.05, 4.69) is 90.9 Å². The highest BCUT2D eigenvalue weighted by molar-refractivity contribution is 7.53. The fourth-order valence-electron chi connectivity index (χ4n) is 3.96. The Bertz CT molecular complexity index is 840. The highest BCUT2D eigenvalue weighted by atomic mass is 31.2. The van der Waals surface area contributed by atoms with E-state index in [9.17, 15) is 5.11 Å². The highest BCUT2D eigenvalue weighted by Crippen LogP contribution is 2.49. The zero-order chi connectivity index (χ0) is 24.3. The fourth-order valence-corrected chi connectivity index (χ4v) is 4.48. The lowest BCUT2D eigenvalue weighted by Crippen LogP contribution is -2.43. The minimum atomic E-state index is -2.61. The SMILES string of the molecule is Cc1ccc(C)c(C(O)(c2c(C)ccc(C)c2C)C(C)(C)C)c1C.OP(O)OP(O)O. The van der Waals surface area contributed by atoms with E-state index in [1.807, 2.05) is 0 Å². The van der Waals surface area contributed by atoms with E-state index in [0.717, 1.165) is 22.3 Å². The first-order valence-corrected chi connectivity index (χ1v) is 12.3. The van der Waals surface area contributed by atoms with Gasteiger partial charge in [0.15, 0.2) is 0 Å². The first-order valence-electron chi connectivity index (χ1n) is 9.96. The predicted molar refractivity (Wildman–Crippen MR) is 128 cm³/mol. The van der Waals surface area contributed by atoms with Gasteiger partial charge in [-0.2, -0.15) is 0 Å². The summed E-state index contributed by atoms with van der Waals surface area (Å²) in [5, 5.41) is 12.3. The molecule has 0 amide bonds. The quantitative estimate of drug-likeness (QED) is 0.391. The third-order valence-electron chi connectivity index (χ3n) is 5.84. The van der Waals surface area contributed by atoms with Crippen LogP contribution in [0.2, 0.25) is 0 Å². The Labute approximate surface area is 188 Å². The summed E-state index contributed by atoms with van der Waals surface area (Å²) < 4.78 is 3.60. The second kappa shape index (κ2) is 10.8. The third kappa shape index (κ3) is 6.31. The Morgan fingerprint density at radius 3 is 1.13 bits per heavy atom. The minimum Gasteiger partial charge on any atom is -0.380 e. The van der Waals surface area contributed by atoms with Gasteiger partial charge in [-0.25, -0.2) is 4.31 Å². The van der Waals surface area contributed by atoms with Crippen molar-refractivity contribution in [3.63, 3.8) is 0 Å². The normalized spacial score (nSPS) is 12.3. The van der Waals surface area contributed by atoms with Gasteiger partial charge in [0, 0.05) is 0 Å². The van der Waals surface area contributed by atoms with Crippen molar-refractivity contribution in [2.75, 3.05) is 0 Å². The van der Waals surface area contributed by atoms with Gasteiger partial charge < -0.3 is 24.7 Å². The number of aliphatic hydroxyl groups is 1. The summed E-state index contributed by atoms with van der Waals surface area (Å²) in [6.07, 6.45) is 0. The monoisotopic (exact) mass is 470 g/mol. The lowest BCUT2D eigenvalue weighted by atomic mass is 9.63. The maximum absolute atomic E-state index is 12.3. The molecular formula is C23H36O6P2. The summed E-state index contributed by atoms with van der Waals surface area (Å²) in [5.41, 5.74) is 7.88. The molecule has 2 rings (SSSR count). The second-order valence-electron chi connectivity index (χ2n) is 8.95. The van der Waals surface area contributed by atoms with Crippen LogP contribution in [0, 0.1) is 47.0 Å². The first-order chi connectivity index (χ1) is 14.1. The van der Waals surface area contributed by atoms with E-state index in [0.29, 0.717) is 0 Å². The van der Waals surface area contributed by atoms with Crippen molar-refractivity contribution >= 4 is 17.2 Å². The molecule has 0 aliphatic carbocycles. The number of aryl methyl sites for hydroxylation is 4. The maximum Gasteiger partial charge on any atom is 0.334 e. The van der Waals surface area contributed by atoms with E-state index in [-0.39, 0.29) is 5.41 Å². The van der Waals surface area contributed by atoms with Crippen LogP contribution in [0.5, 0.6) is 0 Å². The molecule has 0 heterocycles. The maximum atomic E-state index is 12.3. The summed E-state index contributed by atoms with van der Waals surface area (Å²) in [5.74, 6) is 0. The Hall–Kier alpha value is -0.940. The van der Waals surface area contributed by atoms with Crippen LogP contribution in [0.1, 0.15) is 65.3 Å². The number of hydrogen-bond acceptors (Lipinski definition) is 6. The molecule has 0 fully saturated rings. The zero-order valence-electron chi connectivity index (χ0n) is 19.8. The molecule has 0 aliphatic rings. The molecule has 2 aromatic carbocycles. The van der Waals surface area contributed by atoms with Crippen LogP contribution in [-0.2, 0) is 9.91 Å². The third-order valence-corrected chi connectivity index (χ3v) is 7.01. The molecule has 0 bridgehead atoms. The molecule has 0 radical (unpaired) electrons. The van der Waals surface area contributed by atoms with Gasteiger partial charge in [0.25, 0.3) is 0 Å². The summed E-state index contributed by atoms with van der Waals surface area (Å²) in [4.78, 5) is 31.3. The molecular weight excluding hydrogens is 434 g/mol. The molecule has 0 aromatic heterocycles. The largest absolute Gasteiger partial charge is 0.380 e. The summed E-state index contributed by atoms with van der Waals surface area (Å²) >= 11 is 0. The molecule has 31 heavy (non-hydrogen) atoms. The predicted octanol–water partition coefficient (Wildman–Crippen LogP) is 5.25. The van der Waals surface area contributed by atoms with Crippen molar-refractivity contribution in [2.45, 2.75) is 67.9 Å².